The van der Waals surface area contributed by atoms with Gasteiger partial charge in [0.15, 0.2) is 0 Å². The number of thiazole rings is 1. The Morgan fingerprint density at radius 2 is 1.90 bits per heavy atom. The number of nitrogens with two attached hydrogens (primary N) is 1. The van der Waals surface area contributed by atoms with Crippen molar-refractivity contribution in [2.75, 3.05) is 39.3 Å². The minimum atomic E-state index is 0.665. The molecule has 1 aliphatic heterocycles. The third-order valence-corrected chi connectivity index (χ3v) is 5.63. The van der Waals surface area contributed by atoms with E-state index in [-0.39, 0.29) is 0 Å². The predicted molar refractivity (Wildman–Crippen MR) is 84.2 cm³/mol. The summed E-state index contributed by atoms with van der Waals surface area (Å²) in [5, 5.41) is 1.30. The predicted octanol–water partition coefficient (Wildman–Crippen LogP) is 1.66. The van der Waals surface area contributed by atoms with Crippen molar-refractivity contribution < 1.29 is 0 Å². The van der Waals surface area contributed by atoms with Gasteiger partial charge >= 0.3 is 0 Å². The minimum absolute atomic E-state index is 0.665. The van der Waals surface area contributed by atoms with Crippen molar-refractivity contribution in [1.82, 2.24) is 14.8 Å². The molecule has 1 saturated heterocycles. The largest absolute Gasteiger partial charge is 0.326 e. The molecule has 112 valence electrons. The lowest BCUT2D eigenvalue weighted by Crippen LogP contribution is -2.46. The Balaban J connectivity index is 1.51. The highest BCUT2D eigenvalue weighted by molar-refractivity contribution is 7.11. The van der Waals surface area contributed by atoms with Crippen LogP contribution in [-0.2, 0) is 13.0 Å². The standard InChI is InChI=1S/C15H26N4S/c1-2-18-7-9-19(10-8-18)6-5-14-17-15(12-3-4-12)13(11-16)20-14/h12H,2-11,16H2,1H3. The van der Waals surface area contributed by atoms with Gasteiger partial charge in [0, 0.05) is 56.5 Å². The first-order valence-electron chi connectivity index (χ1n) is 7.93. The summed E-state index contributed by atoms with van der Waals surface area (Å²) in [6, 6.07) is 0. The van der Waals surface area contributed by atoms with Crippen molar-refractivity contribution in [3.63, 3.8) is 0 Å². The second kappa shape index (κ2) is 6.52. The van der Waals surface area contributed by atoms with Crippen LogP contribution in [0.5, 0.6) is 0 Å². The molecule has 20 heavy (non-hydrogen) atoms. The Kier molecular flexibility index (Phi) is 4.71. The Morgan fingerprint density at radius 1 is 1.20 bits per heavy atom. The lowest BCUT2D eigenvalue weighted by molar-refractivity contribution is 0.138. The fourth-order valence-corrected chi connectivity index (χ4v) is 3.95. The Labute approximate surface area is 126 Å². The quantitative estimate of drug-likeness (QED) is 0.867. The van der Waals surface area contributed by atoms with Crippen molar-refractivity contribution >= 4 is 11.3 Å². The van der Waals surface area contributed by atoms with E-state index in [2.05, 4.69) is 16.7 Å². The first-order valence-corrected chi connectivity index (χ1v) is 8.75. The van der Waals surface area contributed by atoms with E-state index in [9.17, 15) is 0 Å². The average molecular weight is 294 g/mol. The first-order chi connectivity index (χ1) is 9.80. The average Bonchev–Trinajstić information content (AvgIpc) is 3.26. The molecule has 0 spiro atoms. The molecular weight excluding hydrogens is 268 g/mol. The zero-order chi connectivity index (χ0) is 13.9. The Morgan fingerprint density at radius 3 is 2.50 bits per heavy atom. The molecule has 2 heterocycles. The normalized spacial score (nSPS) is 21.5. The maximum absolute atomic E-state index is 5.85. The molecule has 1 aromatic rings. The second-order valence-corrected chi connectivity index (χ2v) is 7.09. The molecule has 1 aliphatic carbocycles. The van der Waals surface area contributed by atoms with Gasteiger partial charge in [-0.1, -0.05) is 6.92 Å². The Bertz CT molecular complexity index is 433. The van der Waals surface area contributed by atoms with E-state index in [1.165, 1.54) is 61.1 Å². The topological polar surface area (TPSA) is 45.4 Å². The molecule has 1 saturated carbocycles. The minimum Gasteiger partial charge on any atom is -0.326 e. The second-order valence-electron chi connectivity index (χ2n) is 5.92. The monoisotopic (exact) mass is 294 g/mol. The van der Waals surface area contributed by atoms with Crippen LogP contribution < -0.4 is 5.73 Å². The van der Waals surface area contributed by atoms with Crippen LogP contribution in [0.3, 0.4) is 0 Å². The zero-order valence-electron chi connectivity index (χ0n) is 12.5. The summed E-state index contributed by atoms with van der Waals surface area (Å²) in [6.07, 6.45) is 3.72. The zero-order valence-corrected chi connectivity index (χ0v) is 13.3. The molecule has 0 aromatic carbocycles. The van der Waals surface area contributed by atoms with Gasteiger partial charge in [-0.25, -0.2) is 4.98 Å². The Hall–Kier alpha value is -0.490. The van der Waals surface area contributed by atoms with Crippen LogP contribution in [0.25, 0.3) is 0 Å². The van der Waals surface area contributed by atoms with Crippen LogP contribution >= 0.6 is 11.3 Å². The van der Waals surface area contributed by atoms with E-state index in [4.69, 9.17) is 10.7 Å². The number of rotatable bonds is 6. The summed E-state index contributed by atoms with van der Waals surface area (Å²) in [7, 11) is 0. The molecule has 0 atom stereocenters. The van der Waals surface area contributed by atoms with Crippen molar-refractivity contribution in [2.24, 2.45) is 5.73 Å². The van der Waals surface area contributed by atoms with Crippen LogP contribution in [-0.4, -0.2) is 54.1 Å². The summed E-state index contributed by atoms with van der Waals surface area (Å²) < 4.78 is 0. The van der Waals surface area contributed by atoms with E-state index in [1.54, 1.807) is 0 Å². The lowest BCUT2D eigenvalue weighted by Gasteiger charge is -2.33. The SMILES string of the molecule is CCN1CCN(CCc2nc(C3CC3)c(CN)s2)CC1. The van der Waals surface area contributed by atoms with Crippen LogP contribution in [0, 0.1) is 0 Å². The molecular formula is C15H26N4S. The highest BCUT2D eigenvalue weighted by Crippen LogP contribution is 2.42. The molecule has 3 rings (SSSR count). The van der Waals surface area contributed by atoms with Crippen LogP contribution in [0.4, 0.5) is 0 Å². The number of piperazine rings is 1. The van der Waals surface area contributed by atoms with Gasteiger partial charge in [0.25, 0.3) is 0 Å². The smallest absolute Gasteiger partial charge is 0.0944 e. The van der Waals surface area contributed by atoms with Gasteiger partial charge in [0.05, 0.1) is 10.7 Å². The highest BCUT2D eigenvalue weighted by Gasteiger charge is 2.29. The number of hydrogen-bond acceptors (Lipinski definition) is 5. The fraction of sp³-hybridized carbons (Fsp3) is 0.800. The number of aromatic nitrogens is 1. The fourth-order valence-electron chi connectivity index (χ4n) is 2.93. The van der Waals surface area contributed by atoms with Gasteiger partial charge in [-0.15, -0.1) is 11.3 Å². The molecule has 2 fully saturated rings. The van der Waals surface area contributed by atoms with Crippen LogP contribution in [0.15, 0.2) is 0 Å². The summed E-state index contributed by atoms with van der Waals surface area (Å²) in [4.78, 5) is 11.3. The molecule has 2 N–H and O–H groups in total. The van der Waals surface area contributed by atoms with Gasteiger partial charge in [-0.3, -0.25) is 0 Å². The number of hydrogen-bond donors (Lipinski definition) is 1. The summed E-state index contributed by atoms with van der Waals surface area (Å²) >= 11 is 1.85. The summed E-state index contributed by atoms with van der Waals surface area (Å²) in [5.74, 6) is 0.728. The molecule has 4 nitrogen and oxygen atoms in total. The highest BCUT2D eigenvalue weighted by atomic mass is 32.1. The van der Waals surface area contributed by atoms with Gasteiger partial charge in [-0.05, 0) is 19.4 Å². The van der Waals surface area contributed by atoms with Crippen LogP contribution in [0.2, 0.25) is 0 Å². The molecule has 0 bridgehead atoms. The molecule has 2 aliphatic rings. The molecule has 0 amide bonds. The summed E-state index contributed by atoms with van der Waals surface area (Å²) in [5.41, 5.74) is 7.18. The van der Waals surface area contributed by atoms with Gasteiger partial charge in [0.2, 0.25) is 0 Å². The summed E-state index contributed by atoms with van der Waals surface area (Å²) in [6.45, 7) is 10.1. The molecule has 0 unspecified atom stereocenters. The van der Waals surface area contributed by atoms with E-state index >= 15 is 0 Å². The van der Waals surface area contributed by atoms with Crippen LogP contribution in [0.1, 0.15) is 41.3 Å². The lowest BCUT2D eigenvalue weighted by atomic mass is 10.2. The molecule has 0 radical (unpaired) electrons. The van der Waals surface area contributed by atoms with E-state index in [0.29, 0.717) is 6.54 Å². The van der Waals surface area contributed by atoms with E-state index in [1.807, 2.05) is 11.3 Å². The number of likely N-dealkylation sites (N-methyl/N-ethyl adjacent to an activating group) is 1. The van der Waals surface area contributed by atoms with Crippen molar-refractivity contribution in [3.05, 3.63) is 15.6 Å². The third kappa shape index (κ3) is 3.39. The van der Waals surface area contributed by atoms with Crippen molar-refractivity contribution in [3.8, 4) is 0 Å². The van der Waals surface area contributed by atoms with Gasteiger partial charge < -0.3 is 15.5 Å². The van der Waals surface area contributed by atoms with Gasteiger partial charge in [0.1, 0.15) is 0 Å². The van der Waals surface area contributed by atoms with E-state index < -0.39 is 0 Å². The number of nitrogens with zero attached hydrogens (tertiary/aromatic N) is 3. The maximum Gasteiger partial charge on any atom is 0.0944 e. The first kappa shape index (κ1) is 14.4. The maximum atomic E-state index is 5.85. The third-order valence-electron chi connectivity index (χ3n) is 4.48. The van der Waals surface area contributed by atoms with Crippen molar-refractivity contribution in [2.45, 2.75) is 38.6 Å². The molecule has 5 heteroatoms. The van der Waals surface area contributed by atoms with E-state index in [0.717, 1.165) is 18.9 Å². The molecule has 1 aromatic heterocycles. The van der Waals surface area contributed by atoms with Gasteiger partial charge in [-0.2, -0.15) is 0 Å². The van der Waals surface area contributed by atoms with Crippen molar-refractivity contribution in [1.29, 1.82) is 0 Å².